The summed E-state index contributed by atoms with van der Waals surface area (Å²) in [5.41, 5.74) is 0. The molecule has 2 fully saturated rings. The minimum Gasteiger partial charge on any atom is -0.309 e. The van der Waals surface area contributed by atoms with Crippen molar-refractivity contribution in [1.82, 2.24) is 5.32 Å². The summed E-state index contributed by atoms with van der Waals surface area (Å²) in [6.45, 7) is 4.63. The average molecular weight is 227 g/mol. The molecule has 1 aliphatic heterocycles. The SMILES string of the molecule is CCCC1CCC2NC(CC)CSC2C1. The van der Waals surface area contributed by atoms with Crippen LogP contribution >= 0.6 is 11.8 Å². The first kappa shape index (κ1) is 11.8. The van der Waals surface area contributed by atoms with Crippen LogP contribution in [-0.4, -0.2) is 23.1 Å². The van der Waals surface area contributed by atoms with Gasteiger partial charge in [0.1, 0.15) is 0 Å². The third-order valence-corrected chi connectivity index (χ3v) is 5.60. The highest BCUT2D eigenvalue weighted by Gasteiger charge is 2.34. The van der Waals surface area contributed by atoms with Crippen LogP contribution < -0.4 is 5.32 Å². The smallest absolute Gasteiger partial charge is 0.0204 e. The summed E-state index contributed by atoms with van der Waals surface area (Å²) < 4.78 is 0. The van der Waals surface area contributed by atoms with Crippen LogP contribution in [0, 0.1) is 5.92 Å². The van der Waals surface area contributed by atoms with Gasteiger partial charge < -0.3 is 5.32 Å². The second-order valence-electron chi connectivity index (χ2n) is 5.22. The van der Waals surface area contributed by atoms with Crippen molar-refractivity contribution in [1.29, 1.82) is 0 Å². The van der Waals surface area contributed by atoms with E-state index in [1.165, 1.54) is 44.3 Å². The molecule has 1 heterocycles. The number of hydrogen-bond donors (Lipinski definition) is 1. The van der Waals surface area contributed by atoms with Gasteiger partial charge >= 0.3 is 0 Å². The fourth-order valence-electron chi connectivity index (χ4n) is 3.08. The lowest BCUT2D eigenvalue weighted by Gasteiger charge is -2.42. The van der Waals surface area contributed by atoms with Crippen molar-refractivity contribution in [3.8, 4) is 0 Å². The van der Waals surface area contributed by atoms with Crippen molar-refractivity contribution >= 4 is 11.8 Å². The van der Waals surface area contributed by atoms with Crippen LogP contribution in [-0.2, 0) is 0 Å². The Morgan fingerprint density at radius 3 is 2.87 bits per heavy atom. The van der Waals surface area contributed by atoms with Crippen molar-refractivity contribution in [2.75, 3.05) is 5.75 Å². The number of hydrogen-bond acceptors (Lipinski definition) is 2. The average Bonchev–Trinajstić information content (AvgIpc) is 2.29. The van der Waals surface area contributed by atoms with Gasteiger partial charge in [-0.15, -0.1) is 0 Å². The molecule has 0 amide bonds. The maximum Gasteiger partial charge on any atom is 0.0204 e. The fraction of sp³-hybridized carbons (Fsp3) is 1.00. The van der Waals surface area contributed by atoms with Crippen LogP contribution in [0.5, 0.6) is 0 Å². The van der Waals surface area contributed by atoms with Crippen LogP contribution in [0.4, 0.5) is 0 Å². The van der Waals surface area contributed by atoms with E-state index in [0.717, 1.165) is 23.3 Å². The highest BCUT2D eigenvalue weighted by Crippen LogP contribution is 2.37. The summed E-state index contributed by atoms with van der Waals surface area (Å²) in [4.78, 5) is 0. The molecule has 0 aromatic heterocycles. The molecule has 2 heteroatoms. The molecule has 0 radical (unpaired) electrons. The molecule has 0 aromatic rings. The van der Waals surface area contributed by atoms with E-state index in [1.807, 2.05) is 0 Å². The Labute approximate surface area is 98.8 Å². The third kappa shape index (κ3) is 2.91. The standard InChI is InChI=1S/C13H25NS/c1-3-5-10-6-7-12-13(8-10)15-9-11(4-2)14-12/h10-14H,3-9H2,1-2H3. The molecule has 1 saturated carbocycles. The third-order valence-electron chi connectivity index (χ3n) is 4.05. The van der Waals surface area contributed by atoms with Gasteiger partial charge in [0.25, 0.3) is 0 Å². The van der Waals surface area contributed by atoms with Gasteiger partial charge in [-0.05, 0) is 31.6 Å². The maximum absolute atomic E-state index is 3.85. The number of rotatable bonds is 3. The molecule has 88 valence electrons. The molecule has 0 bridgehead atoms. The van der Waals surface area contributed by atoms with E-state index < -0.39 is 0 Å². The molecule has 2 rings (SSSR count). The predicted molar refractivity (Wildman–Crippen MR) is 69.5 cm³/mol. The number of thioether (sulfide) groups is 1. The second kappa shape index (κ2) is 5.58. The Hall–Kier alpha value is 0.310. The number of fused-ring (bicyclic) bond motifs is 1. The first-order valence-electron chi connectivity index (χ1n) is 6.71. The van der Waals surface area contributed by atoms with E-state index in [-0.39, 0.29) is 0 Å². The summed E-state index contributed by atoms with van der Waals surface area (Å²) in [5.74, 6) is 2.37. The van der Waals surface area contributed by atoms with Crippen LogP contribution in [0.25, 0.3) is 0 Å². The lowest BCUT2D eigenvalue weighted by Crippen LogP contribution is -2.52. The zero-order valence-electron chi connectivity index (χ0n) is 10.2. The molecule has 1 aliphatic carbocycles. The quantitative estimate of drug-likeness (QED) is 0.792. The maximum atomic E-state index is 3.85. The van der Waals surface area contributed by atoms with Crippen LogP contribution in [0.2, 0.25) is 0 Å². The van der Waals surface area contributed by atoms with Crippen LogP contribution in [0.1, 0.15) is 52.4 Å². The number of nitrogens with one attached hydrogen (secondary N) is 1. The highest BCUT2D eigenvalue weighted by molar-refractivity contribution is 8.00. The van der Waals surface area contributed by atoms with Crippen molar-refractivity contribution in [2.24, 2.45) is 5.92 Å². The first-order valence-corrected chi connectivity index (χ1v) is 7.76. The molecule has 1 saturated heterocycles. The molecule has 1 N–H and O–H groups in total. The van der Waals surface area contributed by atoms with Gasteiger partial charge in [0, 0.05) is 23.1 Å². The van der Waals surface area contributed by atoms with E-state index in [9.17, 15) is 0 Å². The van der Waals surface area contributed by atoms with E-state index in [2.05, 4.69) is 30.9 Å². The van der Waals surface area contributed by atoms with Crippen molar-refractivity contribution in [2.45, 2.75) is 69.7 Å². The minimum absolute atomic E-state index is 0.791. The van der Waals surface area contributed by atoms with E-state index in [1.54, 1.807) is 0 Å². The van der Waals surface area contributed by atoms with Gasteiger partial charge in [-0.25, -0.2) is 0 Å². The largest absolute Gasteiger partial charge is 0.309 e. The fourth-order valence-corrected chi connectivity index (χ4v) is 4.75. The summed E-state index contributed by atoms with van der Waals surface area (Å²) in [5, 5.41) is 4.78. The molecule has 15 heavy (non-hydrogen) atoms. The van der Waals surface area contributed by atoms with Crippen molar-refractivity contribution < 1.29 is 0 Å². The molecule has 2 aliphatic rings. The van der Waals surface area contributed by atoms with Gasteiger partial charge in [-0.1, -0.05) is 26.7 Å². The van der Waals surface area contributed by atoms with E-state index >= 15 is 0 Å². The topological polar surface area (TPSA) is 12.0 Å². The first-order chi connectivity index (χ1) is 7.33. The molecular formula is C13H25NS. The monoisotopic (exact) mass is 227 g/mol. The summed E-state index contributed by atoms with van der Waals surface area (Å²) >= 11 is 2.25. The lowest BCUT2D eigenvalue weighted by atomic mass is 9.82. The van der Waals surface area contributed by atoms with Crippen LogP contribution in [0.15, 0.2) is 0 Å². The second-order valence-corrected chi connectivity index (χ2v) is 6.49. The Kier molecular flexibility index (Phi) is 4.39. The molecule has 4 atom stereocenters. The molecule has 1 nitrogen and oxygen atoms in total. The molecule has 0 spiro atoms. The minimum atomic E-state index is 0.791. The Morgan fingerprint density at radius 1 is 1.27 bits per heavy atom. The molecule has 0 aromatic carbocycles. The van der Waals surface area contributed by atoms with Crippen LogP contribution in [0.3, 0.4) is 0 Å². The van der Waals surface area contributed by atoms with Crippen molar-refractivity contribution in [3.05, 3.63) is 0 Å². The zero-order chi connectivity index (χ0) is 10.7. The zero-order valence-corrected chi connectivity index (χ0v) is 11.0. The van der Waals surface area contributed by atoms with Crippen molar-refractivity contribution in [3.63, 3.8) is 0 Å². The molecular weight excluding hydrogens is 202 g/mol. The Bertz CT molecular complexity index is 195. The Morgan fingerprint density at radius 2 is 2.13 bits per heavy atom. The van der Waals surface area contributed by atoms with E-state index in [4.69, 9.17) is 0 Å². The highest BCUT2D eigenvalue weighted by atomic mass is 32.2. The lowest BCUT2D eigenvalue weighted by molar-refractivity contribution is 0.265. The Balaban J connectivity index is 1.83. The van der Waals surface area contributed by atoms with Gasteiger partial charge in [0.15, 0.2) is 0 Å². The van der Waals surface area contributed by atoms with Gasteiger partial charge in [0.2, 0.25) is 0 Å². The van der Waals surface area contributed by atoms with E-state index in [0.29, 0.717) is 0 Å². The van der Waals surface area contributed by atoms with Gasteiger partial charge in [-0.3, -0.25) is 0 Å². The summed E-state index contributed by atoms with van der Waals surface area (Å²) in [6.07, 6.45) is 8.51. The summed E-state index contributed by atoms with van der Waals surface area (Å²) in [6, 6.07) is 1.63. The summed E-state index contributed by atoms with van der Waals surface area (Å²) in [7, 11) is 0. The van der Waals surface area contributed by atoms with Gasteiger partial charge in [-0.2, -0.15) is 11.8 Å². The van der Waals surface area contributed by atoms with Gasteiger partial charge in [0.05, 0.1) is 0 Å². The normalized spacial score (nSPS) is 41.2. The predicted octanol–water partition coefficient (Wildman–Crippen LogP) is 3.44. The molecule has 4 unspecified atom stereocenters.